The highest BCUT2D eigenvalue weighted by molar-refractivity contribution is 6.34. The molecule has 0 aromatic heterocycles. The molecule has 1 nitrogen and oxygen atoms in total. The molecule has 0 unspecified atom stereocenters. The molecule has 12 heavy (non-hydrogen) atoms. The van der Waals surface area contributed by atoms with Crippen molar-refractivity contribution in [2.45, 2.75) is 0 Å². The van der Waals surface area contributed by atoms with Gasteiger partial charge in [0.1, 0.15) is 0 Å². The third-order valence-electron chi connectivity index (χ3n) is 1.23. The molecule has 61 valence electrons. The van der Waals surface area contributed by atoms with Gasteiger partial charge in [0.2, 0.25) is 6.29 Å². The van der Waals surface area contributed by atoms with Crippen molar-refractivity contribution in [2.75, 3.05) is 0 Å². The van der Waals surface area contributed by atoms with Crippen LogP contribution in [0.15, 0.2) is 24.3 Å². The Morgan fingerprint density at radius 2 is 1.75 bits per heavy atom. The summed E-state index contributed by atoms with van der Waals surface area (Å²) in [5.74, 6) is 0. The lowest BCUT2D eigenvalue weighted by Crippen LogP contribution is -1.73. The number of allylic oxidation sites excluding steroid dienone is 1. The van der Waals surface area contributed by atoms with E-state index in [0.717, 1.165) is 5.56 Å². The van der Waals surface area contributed by atoms with E-state index in [4.69, 9.17) is 23.2 Å². The summed E-state index contributed by atoms with van der Waals surface area (Å²) in [4.78, 5) is 9.87. The van der Waals surface area contributed by atoms with Crippen molar-refractivity contribution in [3.63, 3.8) is 0 Å². The lowest BCUT2D eigenvalue weighted by atomic mass is 10.2. The maximum Gasteiger partial charge on any atom is 0.225 e. The molecule has 0 aliphatic rings. The number of hydrogen-bond acceptors (Lipinski definition) is 1. The number of carbonyl (C=O) groups excluding carboxylic acids is 1. The zero-order valence-electron chi connectivity index (χ0n) is 6.05. The van der Waals surface area contributed by atoms with E-state index in [1.807, 2.05) is 0 Å². The summed E-state index contributed by atoms with van der Waals surface area (Å²) in [5.41, 5.74) is 0.788. The fourth-order valence-corrected chi connectivity index (χ4v) is 1.34. The van der Waals surface area contributed by atoms with Gasteiger partial charge in [-0.15, -0.1) is 0 Å². The van der Waals surface area contributed by atoms with Crippen LogP contribution in [0.4, 0.5) is 0 Å². The van der Waals surface area contributed by atoms with E-state index in [0.29, 0.717) is 10.0 Å². The van der Waals surface area contributed by atoms with Gasteiger partial charge in [-0.1, -0.05) is 29.3 Å². The molecule has 3 heteroatoms. The molecular weight excluding hydrogens is 195 g/mol. The molecule has 1 aromatic carbocycles. The predicted octanol–water partition coefficient (Wildman–Crippen LogP) is 3.12. The van der Waals surface area contributed by atoms with Crippen LogP contribution in [0.3, 0.4) is 0 Å². The van der Waals surface area contributed by atoms with Gasteiger partial charge >= 0.3 is 0 Å². The second-order valence-electron chi connectivity index (χ2n) is 2.15. The van der Waals surface area contributed by atoms with Crippen molar-refractivity contribution in [1.29, 1.82) is 0 Å². The first kappa shape index (κ1) is 9.30. The number of benzene rings is 1. The van der Waals surface area contributed by atoms with Crippen LogP contribution in [0.2, 0.25) is 10.0 Å². The average Bonchev–Trinajstić information content (AvgIpc) is 1.99. The monoisotopic (exact) mass is 199 g/mol. The van der Waals surface area contributed by atoms with Crippen molar-refractivity contribution >= 4 is 35.6 Å². The summed E-state index contributed by atoms with van der Waals surface area (Å²) in [6, 6.07) is 5.05. The van der Waals surface area contributed by atoms with E-state index in [1.165, 1.54) is 6.08 Å². The Morgan fingerprint density at radius 1 is 1.17 bits per heavy atom. The zero-order valence-corrected chi connectivity index (χ0v) is 7.56. The molecule has 0 saturated carbocycles. The maximum atomic E-state index is 9.87. The number of rotatable bonds is 2. The van der Waals surface area contributed by atoms with Crippen LogP contribution in [0.5, 0.6) is 0 Å². The molecule has 1 radical (unpaired) electrons. The van der Waals surface area contributed by atoms with Crippen LogP contribution >= 0.6 is 23.2 Å². The molecular formula is C9H5Cl2O. The van der Waals surface area contributed by atoms with Crippen molar-refractivity contribution in [2.24, 2.45) is 0 Å². The van der Waals surface area contributed by atoms with Gasteiger partial charge in [-0.25, -0.2) is 0 Å². The van der Waals surface area contributed by atoms with E-state index in [9.17, 15) is 4.79 Å². The van der Waals surface area contributed by atoms with Gasteiger partial charge in [0.05, 0.1) is 0 Å². The normalized spacial score (nSPS) is 10.5. The largest absolute Gasteiger partial charge is 0.286 e. The van der Waals surface area contributed by atoms with E-state index in [-0.39, 0.29) is 0 Å². The molecule has 0 aliphatic heterocycles. The summed E-state index contributed by atoms with van der Waals surface area (Å²) in [6.07, 6.45) is 4.49. The van der Waals surface area contributed by atoms with Gasteiger partial charge in [0.15, 0.2) is 0 Å². The minimum Gasteiger partial charge on any atom is -0.286 e. The van der Waals surface area contributed by atoms with Gasteiger partial charge < -0.3 is 0 Å². The first-order valence-electron chi connectivity index (χ1n) is 3.22. The Labute approximate surface area is 80.6 Å². The minimum absolute atomic E-state index is 0.549. The number of halogens is 2. The third-order valence-corrected chi connectivity index (χ3v) is 1.67. The lowest BCUT2D eigenvalue weighted by molar-refractivity contribution is 0.564. The van der Waals surface area contributed by atoms with Crippen LogP contribution < -0.4 is 0 Å². The fourth-order valence-electron chi connectivity index (χ4n) is 0.802. The molecule has 1 rings (SSSR count). The first-order chi connectivity index (χ1) is 5.72. The summed E-state index contributed by atoms with van der Waals surface area (Å²) in [5, 5.41) is 1.10. The Hall–Kier alpha value is -0.790. The van der Waals surface area contributed by atoms with Crippen molar-refractivity contribution in [3.8, 4) is 0 Å². The predicted molar refractivity (Wildman–Crippen MR) is 51.2 cm³/mol. The lowest BCUT2D eigenvalue weighted by Gasteiger charge is -1.95. The van der Waals surface area contributed by atoms with Gasteiger partial charge in [-0.3, -0.25) is 4.79 Å². The standard InChI is InChI=1S/C9H5Cl2O/c10-8-4-7(2-1-3-12)5-9(11)6-8/h1-2,4-6H/b2-1+. The van der Waals surface area contributed by atoms with Gasteiger partial charge in [-0.2, -0.15) is 0 Å². The highest BCUT2D eigenvalue weighted by Crippen LogP contribution is 2.19. The second-order valence-corrected chi connectivity index (χ2v) is 3.03. The van der Waals surface area contributed by atoms with E-state index < -0.39 is 0 Å². The van der Waals surface area contributed by atoms with Crippen molar-refractivity contribution in [3.05, 3.63) is 39.9 Å². The topological polar surface area (TPSA) is 17.1 Å². The Bertz CT molecular complexity index is 298. The van der Waals surface area contributed by atoms with E-state index in [1.54, 1.807) is 30.6 Å². The molecule has 0 fully saturated rings. The SMILES string of the molecule is O=[C]/C=C/c1cc(Cl)cc(Cl)c1. The Balaban J connectivity index is 3.00. The van der Waals surface area contributed by atoms with E-state index >= 15 is 0 Å². The molecule has 0 N–H and O–H groups in total. The average molecular weight is 200 g/mol. The van der Waals surface area contributed by atoms with Crippen LogP contribution in [0.25, 0.3) is 6.08 Å². The molecule has 0 aliphatic carbocycles. The zero-order chi connectivity index (χ0) is 8.97. The fraction of sp³-hybridized carbons (Fsp3) is 0. The van der Waals surface area contributed by atoms with Crippen LogP contribution in [0.1, 0.15) is 5.56 Å². The molecule has 1 aromatic rings. The van der Waals surface area contributed by atoms with E-state index in [2.05, 4.69) is 0 Å². The van der Waals surface area contributed by atoms with Crippen LogP contribution in [-0.2, 0) is 4.79 Å². The molecule has 0 atom stereocenters. The molecule has 0 spiro atoms. The second kappa shape index (κ2) is 4.29. The summed E-state index contributed by atoms with van der Waals surface area (Å²) < 4.78 is 0. The van der Waals surface area contributed by atoms with Gasteiger partial charge in [0, 0.05) is 10.0 Å². The van der Waals surface area contributed by atoms with Crippen molar-refractivity contribution < 1.29 is 4.79 Å². The molecule has 0 saturated heterocycles. The van der Waals surface area contributed by atoms with Gasteiger partial charge in [0.25, 0.3) is 0 Å². The first-order valence-corrected chi connectivity index (χ1v) is 3.98. The third kappa shape index (κ3) is 2.68. The number of hydrogen-bond donors (Lipinski definition) is 0. The van der Waals surface area contributed by atoms with Crippen molar-refractivity contribution in [1.82, 2.24) is 0 Å². The van der Waals surface area contributed by atoms with Crippen LogP contribution in [-0.4, -0.2) is 6.29 Å². The Morgan fingerprint density at radius 3 is 2.25 bits per heavy atom. The quantitative estimate of drug-likeness (QED) is 0.670. The summed E-state index contributed by atoms with van der Waals surface area (Å²) in [7, 11) is 0. The molecule has 0 amide bonds. The molecule has 0 heterocycles. The van der Waals surface area contributed by atoms with Gasteiger partial charge in [-0.05, 0) is 29.8 Å². The Kier molecular flexibility index (Phi) is 3.32. The highest BCUT2D eigenvalue weighted by atomic mass is 35.5. The molecule has 0 bridgehead atoms. The summed E-state index contributed by atoms with van der Waals surface area (Å²) >= 11 is 11.4. The summed E-state index contributed by atoms with van der Waals surface area (Å²) in [6.45, 7) is 0. The maximum absolute atomic E-state index is 9.87. The van der Waals surface area contributed by atoms with Crippen LogP contribution in [0, 0.1) is 0 Å². The highest BCUT2D eigenvalue weighted by Gasteiger charge is 1.93. The smallest absolute Gasteiger partial charge is 0.225 e. The minimum atomic E-state index is 0.549.